The van der Waals surface area contributed by atoms with Crippen LogP contribution in [-0.4, -0.2) is 18.9 Å². The van der Waals surface area contributed by atoms with Crippen LogP contribution in [-0.2, 0) is 14.3 Å². The van der Waals surface area contributed by atoms with Gasteiger partial charge < -0.3 is 4.74 Å². The van der Waals surface area contributed by atoms with Crippen molar-refractivity contribution in [3.8, 4) is 0 Å². The first-order chi connectivity index (χ1) is 8.10. The highest BCUT2D eigenvalue weighted by Gasteiger charge is 2.35. The van der Waals surface area contributed by atoms with Gasteiger partial charge in [0.1, 0.15) is 0 Å². The molecule has 0 heterocycles. The fourth-order valence-corrected chi connectivity index (χ4v) is 2.23. The lowest BCUT2D eigenvalue weighted by molar-refractivity contribution is -0.141. The third kappa shape index (κ3) is 3.70. The number of carbonyl (C=O) groups excluding carboxylic acids is 2. The van der Waals surface area contributed by atoms with E-state index in [0.717, 1.165) is 6.42 Å². The summed E-state index contributed by atoms with van der Waals surface area (Å²) in [7, 11) is 1.34. The van der Waals surface area contributed by atoms with Gasteiger partial charge in [-0.05, 0) is 18.8 Å². The second-order valence-corrected chi connectivity index (χ2v) is 4.45. The topological polar surface area (TPSA) is 43.4 Å². The Labute approximate surface area is 106 Å². The van der Waals surface area contributed by atoms with Gasteiger partial charge in [0.15, 0.2) is 5.78 Å². The van der Waals surface area contributed by atoms with Crippen LogP contribution in [0.15, 0.2) is 23.3 Å². The summed E-state index contributed by atoms with van der Waals surface area (Å²) in [4.78, 5) is 23.0. The van der Waals surface area contributed by atoms with E-state index in [1.807, 2.05) is 19.1 Å². The maximum atomic E-state index is 11.8. The Kier molecular flexibility index (Phi) is 5.42. The van der Waals surface area contributed by atoms with Crippen LogP contribution in [0.3, 0.4) is 0 Å². The van der Waals surface area contributed by atoms with E-state index in [-0.39, 0.29) is 35.0 Å². The Morgan fingerprint density at radius 2 is 2.24 bits per heavy atom. The molecule has 0 aliphatic heterocycles. The average Bonchev–Trinajstić information content (AvgIpc) is 2.57. The molecule has 0 fully saturated rings. The van der Waals surface area contributed by atoms with E-state index < -0.39 is 0 Å². The summed E-state index contributed by atoms with van der Waals surface area (Å²) in [5.74, 6) is -0.732. The van der Waals surface area contributed by atoms with Gasteiger partial charge in [-0.25, -0.2) is 0 Å². The zero-order valence-electron chi connectivity index (χ0n) is 10.1. The smallest absolute Gasteiger partial charge is 0.306 e. The Balaban J connectivity index is 2.68. The number of allylic oxidation sites excluding steroid dienone is 4. The maximum absolute atomic E-state index is 11.8. The molecule has 0 aromatic heterocycles. The van der Waals surface area contributed by atoms with Crippen molar-refractivity contribution in [2.24, 2.45) is 11.8 Å². The zero-order chi connectivity index (χ0) is 12.8. The molecule has 0 amide bonds. The van der Waals surface area contributed by atoms with Gasteiger partial charge >= 0.3 is 5.97 Å². The molecule has 0 radical (unpaired) electrons. The van der Waals surface area contributed by atoms with E-state index in [4.69, 9.17) is 11.6 Å². The molecule has 0 aromatic rings. The molecular formula is C13H17ClO3. The van der Waals surface area contributed by atoms with E-state index in [2.05, 4.69) is 4.74 Å². The monoisotopic (exact) mass is 256 g/mol. The molecule has 0 N–H and O–H groups in total. The molecule has 0 unspecified atom stereocenters. The van der Waals surface area contributed by atoms with Crippen LogP contribution in [0.4, 0.5) is 0 Å². The first-order valence-corrected chi connectivity index (χ1v) is 6.11. The SMILES string of the molecule is CC/C=C\C[C@H]1C(=O)C(Cl)=C[C@@H]1CC(=O)OC. The first-order valence-electron chi connectivity index (χ1n) is 5.73. The van der Waals surface area contributed by atoms with Crippen LogP contribution < -0.4 is 0 Å². The molecule has 3 nitrogen and oxygen atoms in total. The fourth-order valence-electron chi connectivity index (χ4n) is 1.93. The van der Waals surface area contributed by atoms with E-state index in [1.54, 1.807) is 6.08 Å². The first kappa shape index (κ1) is 14.0. The van der Waals surface area contributed by atoms with Crippen molar-refractivity contribution in [1.29, 1.82) is 0 Å². The second-order valence-electron chi connectivity index (χ2n) is 4.04. The number of esters is 1. The predicted octanol–water partition coefficient (Wildman–Crippen LogP) is 2.84. The predicted molar refractivity (Wildman–Crippen MR) is 66.6 cm³/mol. The van der Waals surface area contributed by atoms with Crippen molar-refractivity contribution < 1.29 is 14.3 Å². The van der Waals surface area contributed by atoms with Crippen molar-refractivity contribution in [1.82, 2.24) is 0 Å². The number of Topliss-reactive ketones (excluding diaryl/α,β-unsaturated/α-hetero) is 1. The Morgan fingerprint density at radius 3 is 2.82 bits per heavy atom. The summed E-state index contributed by atoms with van der Waals surface area (Å²) in [6.07, 6.45) is 7.42. The lowest BCUT2D eigenvalue weighted by atomic mass is 9.89. The summed E-state index contributed by atoms with van der Waals surface area (Å²) in [5.41, 5.74) is 0. The Morgan fingerprint density at radius 1 is 1.53 bits per heavy atom. The zero-order valence-corrected chi connectivity index (χ0v) is 10.9. The molecule has 0 bridgehead atoms. The van der Waals surface area contributed by atoms with Gasteiger partial charge in [-0.1, -0.05) is 36.8 Å². The number of ketones is 1. The maximum Gasteiger partial charge on any atom is 0.306 e. The number of carbonyl (C=O) groups is 2. The van der Waals surface area contributed by atoms with Crippen LogP contribution in [0.25, 0.3) is 0 Å². The normalized spacial score (nSPS) is 24.2. The fraction of sp³-hybridized carbons (Fsp3) is 0.538. The molecule has 4 heteroatoms. The molecule has 0 saturated heterocycles. The van der Waals surface area contributed by atoms with Gasteiger partial charge in [-0.3, -0.25) is 9.59 Å². The third-order valence-corrected chi connectivity index (χ3v) is 3.18. The van der Waals surface area contributed by atoms with Crippen LogP contribution in [0.1, 0.15) is 26.2 Å². The van der Waals surface area contributed by atoms with Crippen molar-refractivity contribution in [2.45, 2.75) is 26.2 Å². The third-order valence-electron chi connectivity index (χ3n) is 2.87. The molecule has 17 heavy (non-hydrogen) atoms. The molecule has 1 aliphatic carbocycles. The summed E-state index contributed by atoms with van der Waals surface area (Å²) >= 11 is 5.83. The molecule has 1 rings (SSSR count). The molecule has 94 valence electrons. The highest BCUT2D eigenvalue weighted by molar-refractivity contribution is 6.43. The lowest BCUT2D eigenvalue weighted by Crippen LogP contribution is -2.19. The molecule has 0 saturated carbocycles. The Hall–Kier alpha value is -1.09. The van der Waals surface area contributed by atoms with Gasteiger partial charge in [0.25, 0.3) is 0 Å². The summed E-state index contributed by atoms with van der Waals surface area (Å²) in [6, 6.07) is 0. The summed E-state index contributed by atoms with van der Waals surface area (Å²) in [6.45, 7) is 2.03. The minimum atomic E-state index is -0.310. The summed E-state index contributed by atoms with van der Waals surface area (Å²) in [5, 5.41) is 0.244. The van der Waals surface area contributed by atoms with Crippen LogP contribution in [0.5, 0.6) is 0 Å². The van der Waals surface area contributed by atoms with E-state index in [0.29, 0.717) is 6.42 Å². The van der Waals surface area contributed by atoms with Crippen molar-refractivity contribution in [3.63, 3.8) is 0 Å². The van der Waals surface area contributed by atoms with Crippen molar-refractivity contribution >= 4 is 23.4 Å². The number of halogens is 1. The highest BCUT2D eigenvalue weighted by Crippen LogP contribution is 2.34. The standard InChI is InChI=1S/C13H17ClO3/c1-3-4-5-6-10-9(8-12(15)17-2)7-11(14)13(10)16/h4-5,7,9-10H,3,6,8H2,1-2H3/b5-4-/t9-,10-/m1/s1. The minimum Gasteiger partial charge on any atom is -0.469 e. The largest absolute Gasteiger partial charge is 0.469 e. The quantitative estimate of drug-likeness (QED) is 0.561. The molecule has 0 spiro atoms. The number of ether oxygens (including phenoxy) is 1. The number of methoxy groups -OCH3 is 1. The van der Waals surface area contributed by atoms with Gasteiger partial charge in [-0.15, -0.1) is 0 Å². The van der Waals surface area contributed by atoms with Gasteiger partial charge in [0, 0.05) is 5.92 Å². The van der Waals surface area contributed by atoms with Crippen molar-refractivity contribution in [3.05, 3.63) is 23.3 Å². The van der Waals surface area contributed by atoms with Crippen molar-refractivity contribution in [2.75, 3.05) is 7.11 Å². The molecule has 2 atom stereocenters. The van der Waals surface area contributed by atoms with E-state index >= 15 is 0 Å². The lowest BCUT2D eigenvalue weighted by Gasteiger charge is -2.14. The van der Waals surface area contributed by atoms with Gasteiger partial charge in [-0.2, -0.15) is 0 Å². The minimum absolute atomic E-state index is 0.0682. The van der Waals surface area contributed by atoms with E-state index in [9.17, 15) is 9.59 Å². The number of rotatable bonds is 5. The molecular weight excluding hydrogens is 240 g/mol. The van der Waals surface area contributed by atoms with Crippen LogP contribution in [0, 0.1) is 11.8 Å². The number of hydrogen-bond acceptors (Lipinski definition) is 3. The van der Waals surface area contributed by atoms with E-state index in [1.165, 1.54) is 7.11 Å². The summed E-state index contributed by atoms with van der Waals surface area (Å²) < 4.78 is 4.62. The number of hydrogen-bond donors (Lipinski definition) is 0. The average molecular weight is 257 g/mol. The second kappa shape index (κ2) is 6.60. The molecule has 0 aromatic carbocycles. The van der Waals surface area contributed by atoms with Gasteiger partial charge in [0.2, 0.25) is 0 Å². The Bertz CT molecular complexity index is 358. The molecule has 1 aliphatic rings. The highest BCUT2D eigenvalue weighted by atomic mass is 35.5. The van der Waals surface area contributed by atoms with Crippen LogP contribution >= 0.6 is 11.6 Å². The van der Waals surface area contributed by atoms with Crippen LogP contribution in [0.2, 0.25) is 0 Å². The van der Waals surface area contributed by atoms with Gasteiger partial charge in [0.05, 0.1) is 18.6 Å².